The maximum absolute atomic E-state index is 10.7. The number of guanidine groups is 1. The number of amides is 1. The van der Waals surface area contributed by atoms with Crippen LogP contribution in [0.4, 0.5) is 4.79 Å². The fourth-order valence-corrected chi connectivity index (χ4v) is 1.82. The van der Waals surface area contributed by atoms with E-state index in [4.69, 9.17) is 33.9 Å². The van der Waals surface area contributed by atoms with Gasteiger partial charge >= 0.3 is 12.1 Å². The molecule has 0 spiro atoms. The average molecular weight is 385 g/mol. The lowest BCUT2D eigenvalue weighted by Crippen LogP contribution is -2.32. The Labute approximate surface area is 160 Å². The number of primary amides is 1. The average Bonchev–Trinajstić information content (AvgIpc) is 2.60. The molecule has 0 fully saturated rings. The van der Waals surface area contributed by atoms with E-state index >= 15 is 0 Å². The zero-order chi connectivity index (χ0) is 21.9. The van der Waals surface area contributed by atoms with Crippen molar-refractivity contribution >= 4 is 18.0 Å². The summed E-state index contributed by atoms with van der Waals surface area (Å²) in [6.45, 7) is 2.60. The molecule has 12 N–H and O–H groups in total. The van der Waals surface area contributed by atoms with Gasteiger partial charge in [0, 0.05) is 12.6 Å². The molecular formula is C17H32N6O4. The summed E-state index contributed by atoms with van der Waals surface area (Å²) >= 11 is 0. The Balaban J connectivity index is 0. The Hall–Kier alpha value is -2.85. The van der Waals surface area contributed by atoms with Gasteiger partial charge in [-0.2, -0.15) is 0 Å². The summed E-state index contributed by atoms with van der Waals surface area (Å²) in [6.07, 6.45) is 1.59. The number of aliphatic carboxylic acids is 1. The van der Waals surface area contributed by atoms with Crippen molar-refractivity contribution in [1.29, 1.82) is 6.84 Å². The molecule has 0 aliphatic rings. The highest BCUT2D eigenvalue weighted by Gasteiger charge is 2.09. The predicted molar refractivity (Wildman–Crippen MR) is 105 cm³/mol. The standard InChI is InChI=1S/C9H13N.C7H16N4O2.CH3NO2/c1-8(10)7-9-5-3-2-4-6-9;8-5(6(12)13)3-1-2-4-11-7(9)10;2-1(3)4/h2-6,8H,7,10H2,1H3;5H,1-4,8H2,(H,12,13)(H4,9,10,11);2H2,(H,3,4)/i/hD. The molecule has 0 radical (unpaired) electrons. The molecule has 10 heteroatoms. The maximum Gasteiger partial charge on any atom is 0.402 e. The Morgan fingerprint density at radius 2 is 1.78 bits per heavy atom. The lowest BCUT2D eigenvalue weighted by atomic mass is 10.1. The van der Waals surface area contributed by atoms with Gasteiger partial charge in [0.1, 0.15) is 6.04 Å². The number of carbonyl (C=O) groups is 2. The summed E-state index contributed by atoms with van der Waals surface area (Å²) < 4.78 is 6.33. The lowest BCUT2D eigenvalue weighted by Gasteiger charge is -2.06. The van der Waals surface area contributed by atoms with Crippen LogP contribution in [0.15, 0.2) is 30.3 Å². The van der Waals surface area contributed by atoms with Crippen LogP contribution in [0.1, 0.15) is 31.7 Å². The topological polar surface area (TPSA) is 215 Å². The molecule has 2 unspecified atom stereocenters. The Morgan fingerprint density at radius 1 is 1.22 bits per heavy atom. The number of nitrogens with one attached hydrogen (secondary N) is 2. The minimum Gasteiger partial charge on any atom is -0.480 e. The number of carboxylic acids is 1. The van der Waals surface area contributed by atoms with Gasteiger partial charge in [-0.3, -0.25) is 10.2 Å². The fourth-order valence-electron chi connectivity index (χ4n) is 1.82. The number of nitrogens with two attached hydrogens (primary N) is 4. The summed E-state index contributed by atoms with van der Waals surface area (Å²) in [6, 6.07) is 9.83. The quantitative estimate of drug-likeness (QED) is 0.176. The molecule has 154 valence electrons. The van der Waals surface area contributed by atoms with Crippen molar-refractivity contribution in [3.8, 4) is 0 Å². The monoisotopic (exact) mass is 385 g/mol. The van der Waals surface area contributed by atoms with Crippen LogP contribution in [0.5, 0.6) is 0 Å². The molecule has 0 saturated heterocycles. The van der Waals surface area contributed by atoms with Crippen LogP contribution >= 0.6 is 0 Å². The lowest BCUT2D eigenvalue weighted by molar-refractivity contribution is -0.138. The molecule has 10 nitrogen and oxygen atoms in total. The van der Waals surface area contributed by atoms with Gasteiger partial charge in [-0.05, 0) is 38.2 Å². The van der Waals surface area contributed by atoms with Crippen LogP contribution < -0.4 is 28.3 Å². The van der Waals surface area contributed by atoms with Gasteiger partial charge in [0.05, 0.1) is 0 Å². The molecule has 0 bridgehead atoms. The van der Waals surface area contributed by atoms with E-state index in [9.17, 15) is 4.79 Å². The van der Waals surface area contributed by atoms with Crippen molar-refractivity contribution in [3.63, 3.8) is 0 Å². The van der Waals surface area contributed by atoms with Gasteiger partial charge in [-0.1, -0.05) is 30.3 Å². The second-order valence-corrected chi connectivity index (χ2v) is 5.77. The third kappa shape index (κ3) is 23.1. The first-order valence-corrected chi connectivity index (χ1v) is 8.38. The molecule has 1 aromatic rings. The van der Waals surface area contributed by atoms with Gasteiger partial charge in [-0.25, -0.2) is 4.79 Å². The first-order chi connectivity index (χ1) is 13.1. The minimum atomic E-state index is -1.33. The van der Waals surface area contributed by atoms with Gasteiger partial charge in [0.2, 0.25) is 0 Å². The molecule has 1 aromatic carbocycles. The van der Waals surface area contributed by atoms with Gasteiger partial charge < -0.3 is 38.5 Å². The molecule has 0 heterocycles. The summed E-state index contributed by atoms with van der Waals surface area (Å²) in [5.41, 5.74) is 21.4. The molecule has 1 amide bonds. The molecule has 1 rings (SSSR count). The number of hydrogen-bond acceptors (Lipinski definition) is 6. The highest BCUT2D eigenvalue weighted by molar-refractivity contribution is 5.74. The molecule has 27 heavy (non-hydrogen) atoms. The number of hydrogen-bond donors (Lipinski definition) is 8. The second kappa shape index (κ2) is 16.6. The molecule has 2 atom stereocenters. The van der Waals surface area contributed by atoms with Gasteiger partial charge in [0.15, 0.2) is 5.96 Å². The molecule has 0 aromatic heterocycles. The van der Waals surface area contributed by atoms with E-state index in [0.29, 0.717) is 13.0 Å². The third-order valence-corrected chi connectivity index (χ3v) is 2.96. The van der Waals surface area contributed by atoms with E-state index in [1.54, 1.807) is 0 Å². The van der Waals surface area contributed by atoms with Crippen molar-refractivity contribution in [1.82, 2.24) is 5.32 Å². The van der Waals surface area contributed by atoms with Crippen molar-refractivity contribution < 1.29 is 19.8 Å². The first-order valence-electron chi connectivity index (χ1n) is 8.79. The minimum absolute atomic E-state index is 0.0696. The van der Waals surface area contributed by atoms with Gasteiger partial charge in [-0.15, -0.1) is 0 Å². The van der Waals surface area contributed by atoms with Crippen molar-refractivity contribution in [2.75, 3.05) is 6.54 Å². The summed E-state index contributed by atoms with van der Waals surface area (Å²) in [5, 5.41) is 20.4. The Morgan fingerprint density at radius 3 is 2.22 bits per heavy atom. The second-order valence-electron chi connectivity index (χ2n) is 5.77. The highest BCUT2D eigenvalue weighted by Crippen LogP contribution is 2.00. The van der Waals surface area contributed by atoms with Crippen LogP contribution in [-0.4, -0.2) is 46.9 Å². The van der Waals surface area contributed by atoms with Crippen molar-refractivity contribution in [2.45, 2.75) is 44.7 Å². The fraction of sp³-hybridized carbons (Fsp3) is 0.471. The summed E-state index contributed by atoms with van der Waals surface area (Å²) in [7, 11) is 0. The largest absolute Gasteiger partial charge is 0.480 e. The predicted octanol–water partition coefficient (Wildman–Crippen LogP) is 0.251. The summed E-state index contributed by atoms with van der Waals surface area (Å²) in [4.78, 5) is 19.5. The highest BCUT2D eigenvalue weighted by atomic mass is 16.4. The Bertz CT molecular complexity index is 556. The SMILES string of the molecule is CC(N)Cc1ccccc1.NC(=O)O.[2H]OC(=O)C(N)CCCCNC(=N)N. The molecule has 0 aliphatic heterocycles. The summed E-state index contributed by atoms with van der Waals surface area (Å²) in [5.74, 6) is -0.788. The number of carboxylic acid groups (broad SMARTS) is 2. The number of rotatable bonds is 8. The van der Waals surface area contributed by atoms with E-state index in [0.717, 1.165) is 19.3 Å². The molecular weight excluding hydrogens is 352 g/mol. The third-order valence-electron chi connectivity index (χ3n) is 2.96. The van der Waals surface area contributed by atoms with Crippen molar-refractivity contribution in [3.05, 3.63) is 35.9 Å². The van der Waals surface area contributed by atoms with Gasteiger partial charge in [0.25, 0.3) is 1.43 Å². The van der Waals surface area contributed by atoms with Crippen molar-refractivity contribution in [2.24, 2.45) is 22.9 Å². The molecule has 0 saturated carbocycles. The van der Waals surface area contributed by atoms with E-state index in [1.165, 1.54) is 5.56 Å². The number of benzene rings is 1. The van der Waals surface area contributed by atoms with E-state index in [-0.39, 0.29) is 12.0 Å². The maximum atomic E-state index is 10.7. The van der Waals surface area contributed by atoms with Crippen LogP contribution in [-0.2, 0) is 11.2 Å². The zero-order valence-electron chi connectivity index (χ0n) is 16.6. The first kappa shape index (κ1) is 24.1. The normalized spacial score (nSPS) is 11.9. The molecule has 0 aliphatic carbocycles. The smallest absolute Gasteiger partial charge is 0.402 e. The Kier molecular flexibility index (Phi) is 14.9. The van der Waals surface area contributed by atoms with Crippen LogP contribution in [0.2, 0.25) is 0 Å². The van der Waals surface area contributed by atoms with Crippen LogP contribution in [0.3, 0.4) is 0 Å². The van der Waals surface area contributed by atoms with E-state index in [2.05, 4.69) is 28.3 Å². The number of unbranched alkanes of at least 4 members (excludes halogenated alkanes) is 1. The van der Waals surface area contributed by atoms with Crippen LogP contribution in [0.25, 0.3) is 1.43 Å². The van der Waals surface area contributed by atoms with Crippen LogP contribution in [0, 0.1) is 5.41 Å². The zero-order valence-corrected chi connectivity index (χ0v) is 15.6. The van der Waals surface area contributed by atoms with E-state index in [1.807, 2.05) is 25.1 Å². The van der Waals surface area contributed by atoms with E-state index < -0.39 is 18.1 Å².